The minimum absolute atomic E-state index is 0.551. The number of nitrogens with zero attached hydrogens (tertiary/aromatic N) is 6. The molecule has 284 valence electrons. The molecular weight excluding hydrogens is 749 g/mol. The van der Waals surface area contributed by atoms with Gasteiger partial charge in [0.1, 0.15) is 11.2 Å². The molecule has 8 aromatic carbocycles. The number of pyridine rings is 1. The van der Waals surface area contributed by atoms with Crippen LogP contribution in [0.1, 0.15) is 0 Å². The van der Waals surface area contributed by atoms with Crippen molar-refractivity contribution in [2.75, 3.05) is 0 Å². The zero-order valence-electron chi connectivity index (χ0n) is 32.6. The summed E-state index contributed by atoms with van der Waals surface area (Å²) < 4.78 is 11.2. The van der Waals surface area contributed by atoms with E-state index in [9.17, 15) is 0 Å². The van der Waals surface area contributed by atoms with Crippen molar-refractivity contribution in [1.29, 1.82) is 0 Å². The lowest BCUT2D eigenvalue weighted by Gasteiger charge is -2.13. The minimum Gasteiger partial charge on any atom is -0.455 e. The Labute approximate surface area is 348 Å². The topological polar surface area (TPSA) is 74.6 Å². The lowest BCUT2D eigenvalue weighted by molar-refractivity contribution is 0.670. The van der Waals surface area contributed by atoms with Crippen LogP contribution in [-0.2, 0) is 0 Å². The summed E-state index contributed by atoms with van der Waals surface area (Å²) in [6, 6.07) is 63.6. The van der Waals surface area contributed by atoms with Crippen molar-refractivity contribution in [3.8, 4) is 45.5 Å². The smallest absolute Gasteiger partial charge is 0.238 e. The van der Waals surface area contributed by atoms with Crippen LogP contribution in [0.15, 0.2) is 199 Å². The normalized spacial score (nSPS) is 11.9. The number of para-hydroxylation sites is 3. The molecule has 0 spiro atoms. The molecule has 0 aliphatic carbocycles. The zero-order chi connectivity index (χ0) is 40.0. The minimum atomic E-state index is 0.551. The average Bonchev–Trinajstić information content (AvgIpc) is 3.98. The summed E-state index contributed by atoms with van der Waals surface area (Å²) in [5.41, 5.74) is 10.7. The van der Waals surface area contributed by atoms with Gasteiger partial charge in [0.25, 0.3) is 0 Å². The Morgan fingerprint density at radius 2 is 1.05 bits per heavy atom. The van der Waals surface area contributed by atoms with Gasteiger partial charge in [0.05, 0.1) is 22.1 Å². The number of hydrogen-bond acceptors (Lipinski definition) is 5. The summed E-state index contributed by atoms with van der Waals surface area (Å²) in [5.74, 6) is 1.78. The molecule has 0 atom stereocenters. The van der Waals surface area contributed by atoms with Gasteiger partial charge in [-0.1, -0.05) is 133 Å². The molecule has 0 N–H and O–H groups in total. The SMILES string of the molecule is c1ccc(-c2nc(-c3cccc4ccccc34)nc(-n3c4ccccc4c4cc5c6ccccc6n(-c6cc(-c7cccnc7)c7oc8ccccc8c7c6)c5cc43)n2)cc1. The van der Waals surface area contributed by atoms with E-state index < -0.39 is 0 Å². The molecular formula is C54H32N6O. The first-order valence-corrected chi connectivity index (χ1v) is 20.4. The number of benzene rings is 8. The molecule has 5 aromatic heterocycles. The third kappa shape index (κ3) is 5.11. The fourth-order valence-corrected chi connectivity index (χ4v) is 9.32. The van der Waals surface area contributed by atoms with Gasteiger partial charge in [-0.3, -0.25) is 9.55 Å². The number of fused-ring (bicyclic) bond motifs is 10. The Kier molecular flexibility index (Phi) is 7.17. The molecule has 0 bridgehead atoms. The summed E-state index contributed by atoms with van der Waals surface area (Å²) in [4.78, 5) is 20.3. The second-order valence-electron chi connectivity index (χ2n) is 15.5. The summed E-state index contributed by atoms with van der Waals surface area (Å²) in [7, 11) is 0. The van der Waals surface area contributed by atoms with Gasteiger partial charge in [-0.05, 0) is 59.3 Å². The van der Waals surface area contributed by atoms with E-state index in [1.807, 2.05) is 42.6 Å². The van der Waals surface area contributed by atoms with Crippen LogP contribution in [0, 0.1) is 0 Å². The van der Waals surface area contributed by atoms with Gasteiger partial charge in [0.15, 0.2) is 11.6 Å². The third-order valence-corrected chi connectivity index (χ3v) is 12.0. The largest absolute Gasteiger partial charge is 0.455 e. The molecule has 13 rings (SSSR count). The maximum absolute atomic E-state index is 6.59. The Bertz CT molecular complexity index is 3880. The molecule has 0 aliphatic rings. The lowest BCUT2D eigenvalue weighted by atomic mass is 10.0. The highest BCUT2D eigenvalue weighted by Crippen LogP contribution is 2.43. The summed E-state index contributed by atoms with van der Waals surface area (Å²) >= 11 is 0. The molecule has 0 fully saturated rings. The summed E-state index contributed by atoms with van der Waals surface area (Å²) in [6.45, 7) is 0. The van der Waals surface area contributed by atoms with Crippen LogP contribution >= 0.6 is 0 Å². The van der Waals surface area contributed by atoms with Crippen LogP contribution in [0.25, 0.3) is 122 Å². The van der Waals surface area contributed by atoms with Gasteiger partial charge in [0, 0.05) is 72.7 Å². The van der Waals surface area contributed by atoms with Crippen LogP contribution in [0.3, 0.4) is 0 Å². The fourth-order valence-electron chi connectivity index (χ4n) is 9.32. The van der Waals surface area contributed by atoms with Crippen LogP contribution in [0.2, 0.25) is 0 Å². The number of furan rings is 1. The molecule has 0 aliphatic heterocycles. The van der Waals surface area contributed by atoms with Crippen molar-refractivity contribution in [1.82, 2.24) is 29.1 Å². The van der Waals surface area contributed by atoms with Gasteiger partial charge in [-0.2, -0.15) is 9.97 Å². The molecule has 0 saturated carbocycles. The molecule has 0 radical (unpaired) electrons. The maximum atomic E-state index is 6.59. The molecule has 13 aromatic rings. The zero-order valence-corrected chi connectivity index (χ0v) is 32.6. The summed E-state index contributed by atoms with van der Waals surface area (Å²) in [5, 5.41) is 8.89. The van der Waals surface area contributed by atoms with Gasteiger partial charge in [-0.15, -0.1) is 0 Å². The quantitative estimate of drug-likeness (QED) is 0.174. The Morgan fingerprint density at radius 1 is 0.393 bits per heavy atom. The molecule has 61 heavy (non-hydrogen) atoms. The predicted molar refractivity (Wildman–Crippen MR) is 247 cm³/mol. The van der Waals surface area contributed by atoms with E-state index >= 15 is 0 Å². The Balaban J connectivity index is 1.14. The van der Waals surface area contributed by atoms with Crippen LogP contribution in [0.5, 0.6) is 0 Å². The highest BCUT2D eigenvalue weighted by molar-refractivity contribution is 6.19. The van der Waals surface area contributed by atoms with E-state index in [4.69, 9.17) is 19.4 Å². The van der Waals surface area contributed by atoms with E-state index in [1.165, 1.54) is 5.39 Å². The monoisotopic (exact) mass is 780 g/mol. The van der Waals surface area contributed by atoms with Gasteiger partial charge in [0.2, 0.25) is 5.95 Å². The average molecular weight is 781 g/mol. The van der Waals surface area contributed by atoms with Crippen molar-refractivity contribution < 1.29 is 4.42 Å². The lowest BCUT2D eigenvalue weighted by Crippen LogP contribution is -2.06. The van der Waals surface area contributed by atoms with Gasteiger partial charge >= 0.3 is 0 Å². The maximum Gasteiger partial charge on any atom is 0.238 e. The molecule has 0 unspecified atom stereocenters. The van der Waals surface area contributed by atoms with Crippen molar-refractivity contribution in [2.24, 2.45) is 0 Å². The number of rotatable bonds is 5. The second-order valence-corrected chi connectivity index (χ2v) is 15.5. The third-order valence-electron chi connectivity index (χ3n) is 12.0. The fraction of sp³-hybridized carbons (Fsp3) is 0. The molecule has 5 heterocycles. The van der Waals surface area contributed by atoms with E-state index in [-0.39, 0.29) is 0 Å². The molecule has 7 heteroatoms. The first kappa shape index (κ1) is 33.5. The molecule has 0 saturated heterocycles. The second kappa shape index (κ2) is 13.0. The Morgan fingerprint density at radius 3 is 1.85 bits per heavy atom. The highest BCUT2D eigenvalue weighted by Gasteiger charge is 2.23. The van der Waals surface area contributed by atoms with Crippen molar-refractivity contribution >= 4 is 76.3 Å². The van der Waals surface area contributed by atoms with Crippen LogP contribution in [0.4, 0.5) is 0 Å². The van der Waals surface area contributed by atoms with Crippen molar-refractivity contribution in [3.63, 3.8) is 0 Å². The van der Waals surface area contributed by atoms with Crippen LogP contribution in [-0.4, -0.2) is 29.1 Å². The first-order valence-electron chi connectivity index (χ1n) is 20.4. The van der Waals surface area contributed by atoms with Gasteiger partial charge < -0.3 is 8.98 Å². The van der Waals surface area contributed by atoms with Crippen LogP contribution < -0.4 is 0 Å². The number of hydrogen-bond donors (Lipinski definition) is 0. The first-order chi connectivity index (χ1) is 30.2. The van der Waals surface area contributed by atoms with E-state index in [2.05, 4.69) is 160 Å². The van der Waals surface area contributed by atoms with Crippen molar-refractivity contribution in [3.05, 3.63) is 194 Å². The van der Waals surface area contributed by atoms with E-state index in [0.717, 1.165) is 98.9 Å². The standard InChI is InChI=1S/C54H32N6O/c1-2-15-34(16-3-1)52-56-53(41-23-12-17-33-14-4-5-19-37(33)41)58-54(57-52)60-47-25-10-7-21-39(47)44-30-43-38-20-6-9-24-46(38)59(48(43)31-49(44)60)36-28-42(35-18-13-27-55-32-35)51-45(29-36)40-22-8-11-26-50(40)61-51/h1-32H. The van der Waals surface area contributed by atoms with Gasteiger partial charge in [-0.25, -0.2) is 4.98 Å². The predicted octanol–water partition coefficient (Wildman–Crippen LogP) is 13.5. The van der Waals surface area contributed by atoms with E-state index in [1.54, 1.807) is 6.20 Å². The number of aromatic nitrogens is 6. The molecule has 0 amide bonds. The highest BCUT2D eigenvalue weighted by atomic mass is 16.3. The summed E-state index contributed by atoms with van der Waals surface area (Å²) in [6.07, 6.45) is 3.71. The van der Waals surface area contributed by atoms with Crippen molar-refractivity contribution in [2.45, 2.75) is 0 Å². The Hall–Kier alpha value is -8.42. The molecule has 7 nitrogen and oxygen atoms in total. The van der Waals surface area contributed by atoms with E-state index in [0.29, 0.717) is 17.6 Å².